The molecule has 0 saturated heterocycles. The molecule has 0 spiro atoms. The molecule has 0 aliphatic carbocycles. The van der Waals surface area contributed by atoms with Gasteiger partial charge >= 0.3 is 0 Å². The Balaban J connectivity index is 2.31. The van der Waals surface area contributed by atoms with Crippen LogP contribution < -0.4 is 5.73 Å². The molecule has 1 aromatic rings. The van der Waals surface area contributed by atoms with Gasteiger partial charge in [-0.25, -0.2) is 0 Å². The molecule has 8 heteroatoms. The molecule has 0 amide bonds. The number of halogens is 1. The van der Waals surface area contributed by atoms with E-state index >= 15 is 0 Å². The summed E-state index contributed by atoms with van der Waals surface area (Å²) in [6.45, 7) is 1.14. The molecule has 1 aromatic heterocycles. The van der Waals surface area contributed by atoms with Gasteiger partial charge in [0.1, 0.15) is 10.0 Å². The number of aromatic nitrogens is 2. The van der Waals surface area contributed by atoms with E-state index in [1.54, 1.807) is 7.11 Å². The van der Waals surface area contributed by atoms with Crippen LogP contribution in [0.25, 0.3) is 0 Å². The second-order valence-electron chi connectivity index (χ2n) is 2.49. The van der Waals surface area contributed by atoms with E-state index in [0.717, 1.165) is 5.69 Å². The average Bonchev–Trinajstić information content (AvgIpc) is 2.61. The summed E-state index contributed by atoms with van der Waals surface area (Å²) in [7, 11) is 1.62. The molecule has 84 valence electrons. The first-order chi connectivity index (χ1) is 7.24. The number of nitrogens with zero attached hydrogens (tertiary/aromatic N) is 3. The number of rotatable bonds is 5. The highest BCUT2D eigenvalue weighted by Crippen LogP contribution is 2.21. The van der Waals surface area contributed by atoms with Gasteiger partial charge < -0.3 is 10.5 Å². The minimum atomic E-state index is 0.510. The van der Waals surface area contributed by atoms with Gasteiger partial charge in [-0.05, 0) is 0 Å². The van der Waals surface area contributed by atoms with Crippen molar-refractivity contribution in [2.75, 3.05) is 20.3 Å². The molecule has 0 atom stereocenters. The third-order valence-electron chi connectivity index (χ3n) is 1.43. The van der Waals surface area contributed by atoms with Crippen molar-refractivity contribution in [2.24, 2.45) is 10.7 Å². The summed E-state index contributed by atoms with van der Waals surface area (Å²) in [6.07, 6.45) is 0. The standard InChI is InChI=1S/C7H11ClN4OS2/c1-13-3-2-10-7(9)14-4-5-6(8)15-12-11-5/h2-4H2,1H3,(H2,9,10). The Morgan fingerprint density at radius 1 is 1.73 bits per heavy atom. The topological polar surface area (TPSA) is 73.4 Å². The average molecular weight is 267 g/mol. The predicted molar refractivity (Wildman–Crippen MR) is 64.6 cm³/mol. The lowest BCUT2D eigenvalue weighted by Gasteiger charge is -1.98. The van der Waals surface area contributed by atoms with Gasteiger partial charge in [-0.15, -0.1) is 5.10 Å². The van der Waals surface area contributed by atoms with Crippen molar-refractivity contribution in [1.82, 2.24) is 9.59 Å². The number of nitrogens with two attached hydrogens (primary N) is 1. The lowest BCUT2D eigenvalue weighted by atomic mass is 10.6. The maximum Gasteiger partial charge on any atom is 0.154 e. The molecule has 0 radical (unpaired) electrons. The third kappa shape index (κ3) is 4.78. The zero-order valence-corrected chi connectivity index (χ0v) is 10.5. The van der Waals surface area contributed by atoms with Crippen molar-refractivity contribution in [2.45, 2.75) is 5.75 Å². The second-order valence-corrected chi connectivity index (χ2v) is 4.85. The molecule has 5 nitrogen and oxygen atoms in total. The Bertz CT molecular complexity index is 331. The number of ether oxygens (including phenoxy) is 1. The fourth-order valence-corrected chi connectivity index (χ4v) is 2.18. The first-order valence-electron chi connectivity index (χ1n) is 4.12. The van der Waals surface area contributed by atoms with Gasteiger partial charge in [-0.1, -0.05) is 27.9 Å². The van der Waals surface area contributed by atoms with Crippen LogP contribution in [0.15, 0.2) is 4.99 Å². The SMILES string of the molecule is COCCN=C(N)SCc1nnsc1Cl. The highest BCUT2D eigenvalue weighted by Gasteiger charge is 2.05. The van der Waals surface area contributed by atoms with Crippen LogP contribution in [0.1, 0.15) is 5.69 Å². The van der Waals surface area contributed by atoms with E-state index in [-0.39, 0.29) is 0 Å². The number of methoxy groups -OCH3 is 1. The highest BCUT2D eigenvalue weighted by molar-refractivity contribution is 8.13. The number of hydrogen-bond donors (Lipinski definition) is 1. The van der Waals surface area contributed by atoms with E-state index in [1.807, 2.05) is 0 Å². The zero-order chi connectivity index (χ0) is 11.1. The van der Waals surface area contributed by atoms with Crippen LogP contribution in [0.5, 0.6) is 0 Å². The summed E-state index contributed by atoms with van der Waals surface area (Å²) in [5.41, 5.74) is 6.40. The first-order valence-corrected chi connectivity index (χ1v) is 6.26. The Labute approximate surface area is 101 Å². The van der Waals surface area contributed by atoms with Crippen molar-refractivity contribution in [3.8, 4) is 0 Å². The minimum absolute atomic E-state index is 0.510. The molecule has 1 rings (SSSR count). The van der Waals surface area contributed by atoms with Crippen molar-refractivity contribution < 1.29 is 4.74 Å². The van der Waals surface area contributed by atoms with Gasteiger partial charge in [0.2, 0.25) is 0 Å². The molecule has 0 saturated carbocycles. The zero-order valence-electron chi connectivity index (χ0n) is 8.14. The largest absolute Gasteiger partial charge is 0.383 e. The summed E-state index contributed by atoms with van der Waals surface area (Å²) in [4.78, 5) is 4.09. The highest BCUT2D eigenvalue weighted by atomic mass is 35.5. The molecule has 0 aliphatic heterocycles. The summed E-state index contributed by atoms with van der Waals surface area (Å²) in [5, 5.41) is 4.37. The van der Waals surface area contributed by atoms with E-state index in [9.17, 15) is 0 Å². The third-order valence-corrected chi connectivity index (χ3v) is 3.26. The monoisotopic (exact) mass is 266 g/mol. The Morgan fingerprint density at radius 2 is 2.53 bits per heavy atom. The van der Waals surface area contributed by atoms with Gasteiger partial charge in [-0.3, -0.25) is 4.99 Å². The fraction of sp³-hybridized carbons (Fsp3) is 0.571. The van der Waals surface area contributed by atoms with Crippen LogP contribution in [-0.2, 0) is 10.5 Å². The molecule has 15 heavy (non-hydrogen) atoms. The van der Waals surface area contributed by atoms with E-state index < -0.39 is 0 Å². The van der Waals surface area contributed by atoms with Gasteiger partial charge in [0.05, 0.1) is 13.2 Å². The smallest absolute Gasteiger partial charge is 0.154 e. The van der Waals surface area contributed by atoms with Crippen LogP contribution >= 0.6 is 34.9 Å². The number of hydrogen-bond acceptors (Lipinski definition) is 6. The van der Waals surface area contributed by atoms with Crippen molar-refractivity contribution >= 4 is 40.1 Å². The van der Waals surface area contributed by atoms with Crippen LogP contribution in [-0.4, -0.2) is 35.0 Å². The van der Waals surface area contributed by atoms with E-state index in [4.69, 9.17) is 22.1 Å². The Kier molecular flexibility index (Phi) is 5.92. The summed E-state index contributed by atoms with van der Waals surface area (Å²) in [6, 6.07) is 0. The summed E-state index contributed by atoms with van der Waals surface area (Å²) in [5.74, 6) is 0.595. The quantitative estimate of drug-likeness (QED) is 0.495. The predicted octanol–water partition coefficient (Wildman–Crippen LogP) is 1.39. The van der Waals surface area contributed by atoms with E-state index in [2.05, 4.69) is 14.6 Å². The van der Waals surface area contributed by atoms with Crippen molar-refractivity contribution in [3.05, 3.63) is 10.0 Å². The number of amidine groups is 1. The van der Waals surface area contributed by atoms with Crippen LogP contribution in [0.2, 0.25) is 4.34 Å². The van der Waals surface area contributed by atoms with E-state index in [0.29, 0.717) is 28.4 Å². The molecule has 0 aromatic carbocycles. The van der Waals surface area contributed by atoms with Gasteiger partial charge in [0.25, 0.3) is 0 Å². The second kappa shape index (κ2) is 7.00. The first kappa shape index (κ1) is 12.7. The lowest BCUT2D eigenvalue weighted by molar-refractivity contribution is 0.208. The molecule has 0 aliphatic rings. The maximum atomic E-state index is 5.83. The number of aliphatic imine (C=N–C) groups is 1. The summed E-state index contributed by atoms with van der Waals surface area (Å²) >= 11 is 8.39. The van der Waals surface area contributed by atoms with Crippen molar-refractivity contribution in [3.63, 3.8) is 0 Å². The maximum absolute atomic E-state index is 5.83. The summed E-state index contributed by atoms with van der Waals surface area (Å²) < 4.78 is 9.17. The fourth-order valence-electron chi connectivity index (χ4n) is 0.718. The van der Waals surface area contributed by atoms with Gasteiger partial charge in [0.15, 0.2) is 5.17 Å². The molecule has 2 N–H and O–H groups in total. The Morgan fingerprint density at radius 3 is 3.13 bits per heavy atom. The normalized spacial score (nSPS) is 12.0. The number of thioether (sulfide) groups is 1. The molecular weight excluding hydrogens is 256 g/mol. The molecule has 0 bridgehead atoms. The molecule has 0 fully saturated rings. The van der Waals surface area contributed by atoms with E-state index in [1.165, 1.54) is 23.3 Å². The molecular formula is C7H11ClN4OS2. The Hall–Kier alpha value is -0.370. The molecule has 0 unspecified atom stereocenters. The minimum Gasteiger partial charge on any atom is -0.383 e. The lowest BCUT2D eigenvalue weighted by Crippen LogP contribution is -2.09. The van der Waals surface area contributed by atoms with Gasteiger partial charge in [-0.2, -0.15) is 0 Å². The van der Waals surface area contributed by atoms with Crippen molar-refractivity contribution in [1.29, 1.82) is 0 Å². The van der Waals surface area contributed by atoms with Crippen LogP contribution in [0.3, 0.4) is 0 Å². The van der Waals surface area contributed by atoms with Crippen LogP contribution in [0.4, 0.5) is 0 Å². The molecule has 1 heterocycles. The van der Waals surface area contributed by atoms with Crippen LogP contribution in [0, 0.1) is 0 Å². The van der Waals surface area contributed by atoms with Gasteiger partial charge in [0, 0.05) is 24.4 Å².